The number of aliphatic carboxylic acids is 1. The topological polar surface area (TPSA) is 52.6 Å². The Balaban J connectivity index is 0.00000312. The maximum atomic E-state index is 10.8. The minimum Gasteiger partial charge on any atom is -0.480 e. The highest BCUT2D eigenvalue weighted by atomic mass is 35.5. The van der Waals surface area contributed by atoms with E-state index in [0.717, 1.165) is 26.1 Å². The first-order chi connectivity index (χ1) is 11.0. The highest BCUT2D eigenvalue weighted by Crippen LogP contribution is 2.29. The molecule has 1 fully saturated rings. The molecule has 2 rings (SSSR count). The van der Waals surface area contributed by atoms with Crippen LogP contribution < -0.4 is 5.32 Å². The van der Waals surface area contributed by atoms with Gasteiger partial charge in [0.05, 0.1) is 6.54 Å². The molecule has 1 saturated heterocycles. The van der Waals surface area contributed by atoms with Crippen LogP contribution in [0.5, 0.6) is 0 Å². The predicted molar refractivity (Wildman–Crippen MR) is 106 cm³/mol. The lowest BCUT2D eigenvalue weighted by molar-refractivity contribution is -0.136. The van der Waals surface area contributed by atoms with Crippen LogP contribution in [0, 0.1) is 13.8 Å². The van der Waals surface area contributed by atoms with Crippen LogP contribution in [0.4, 0.5) is 0 Å². The van der Waals surface area contributed by atoms with Crippen molar-refractivity contribution in [3.8, 4) is 0 Å². The minimum atomic E-state index is -0.792. The number of carboxylic acid groups (broad SMARTS) is 1. The highest BCUT2D eigenvalue weighted by Gasteiger charge is 2.34. The number of halogens is 1. The van der Waals surface area contributed by atoms with Crippen molar-refractivity contribution in [1.29, 1.82) is 0 Å². The van der Waals surface area contributed by atoms with Crippen LogP contribution in [-0.4, -0.2) is 41.1 Å². The van der Waals surface area contributed by atoms with E-state index in [4.69, 9.17) is 5.11 Å². The van der Waals surface area contributed by atoms with Crippen LogP contribution in [0.25, 0.3) is 0 Å². The number of aryl methyl sites for hydroxylation is 2. The zero-order valence-electron chi connectivity index (χ0n) is 16.4. The van der Waals surface area contributed by atoms with Gasteiger partial charge >= 0.3 is 5.97 Å². The molecule has 142 valence electrons. The molecular formula is C20H33ClN2O2. The van der Waals surface area contributed by atoms with E-state index in [1.54, 1.807) is 0 Å². The number of rotatable bonds is 5. The van der Waals surface area contributed by atoms with E-state index < -0.39 is 5.97 Å². The second kappa shape index (κ2) is 8.07. The molecule has 1 unspecified atom stereocenters. The molecule has 1 atom stereocenters. The van der Waals surface area contributed by atoms with Crippen molar-refractivity contribution in [2.45, 2.75) is 65.5 Å². The molecule has 5 heteroatoms. The Morgan fingerprint density at radius 2 is 1.84 bits per heavy atom. The van der Waals surface area contributed by atoms with Gasteiger partial charge in [0, 0.05) is 25.2 Å². The Kier molecular flexibility index (Phi) is 7.08. The van der Waals surface area contributed by atoms with E-state index in [1.807, 2.05) is 0 Å². The lowest BCUT2D eigenvalue weighted by atomic mass is 9.84. The summed E-state index contributed by atoms with van der Waals surface area (Å²) in [5, 5.41) is 12.1. The van der Waals surface area contributed by atoms with Crippen LogP contribution >= 0.6 is 12.4 Å². The Morgan fingerprint density at radius 3 is 2.32 bits per heavy atom. The average Bonchev–Trinajstić information content (AvgIpc) is 2.81. The van der Waals surface area contributed by atoms with Crippen molar-refractivity contribution >= 4 is 18.4 Å². The smallest absolute Gasteiger partial charge is 0.317 e. The summed E-state index contributed by atoms with van der Waals surface area (Å²) < 4.78 is 0. The Hall–Kier alpha value is -1.10. The summed E-state index contributed by atoms with van der Waals surface area (Å²) in [5.41, 5.74) is 5.56. The molecule has 1 aliphatic rings. The first-order valence-electron chi connectivity index (χ1n) is 8.80. The molecule has 1 heterocycles. The van der Waals surface area contributed by atoms with E-state index in [1.165, 1.54) is 22.3 Å². The number of nitrogens with zero attached hydrogens (tertiary/aromatic N) is 1. The predicted octanol–water partition coefficient (Wildman–Crippen LogP) is 3.66. The van der Waals surface area contributed by atoms with Gasteiger partial charge in [0.1, 0.15) is 0 Å². The van der Waals surface area contributed by atoms with Crippen molar-refractivity contribution in [2.75, 3.05) is 19.6 Å². The third-order valence-corrected chi connectivity index (χ3v) is 5.16. The highest BCUT2D eigenvalue weighted by molar-refractivity contribution is 5.85. The summed E-state index contributed by atoms with van der Waals surface area (Å²) in [6, 6.07) is 4.64. The van der Waals surface area contributed by atoms with Gasteiger partial charge in [-0.3, -0.25) is 9.69 Å². The summed E-state index contributed by atoms with van der Waals surface area (Å²) in [6.45, 7) is 16.1. The number of nitrogens with one attached hydrogen (secondary N) is 1. The zero-order chi connectivity index (χ0) is 18.1. The molecule has 0 bridgehead atoms. The molecule has 0 spiro atoms. The second-order valence-corrected chi connectivity index (χ2v) is 8.61. The molecule has 0 radical (unpaired) electrons. The van der Waals surface area contributed by atoms with Crippen molar-refractivity contribution in [3.05, 3.63) is 34.4 Å². The lowest BCUT2D eigenvalue weighted by Gasteiger charge is -2.27. The lowest BCUT2D eigenvalue weighted by Crippen LogP contribution is -2.46. The van der Waals surface area contributed by atoms with Crippen molar-refractivity contribution < 1.29 is 9.90 Å². The number of carbonyl (C=O) groups is 1. The summed E-state index contributed by atoms with van der Waals surface area (Å²) in [6.07, 6.45) is 0.985. The van der Waals surface area contributed by atoms with Gasteiger partial charge in [-0.05, 0) is 54.9 Å². The van der Waals surface area contributed by atoms with Crippen LogP contribution in [-0.2, 0) is 16.8 Å². The molecule has 0 aliphatic carbocycles. The molecule has 1 aromatic carbocycles. The van der Waals surface area contributed by atoms with Crippen molar-refractivity contribution in [3.63, 3.8) is 0 Å². The van der Waals surface area contributed by atoms with Gasteiger partial charge in [0.15, 0.2) is 0 Å². The largest absolute Gasteiger partial charge is 0.480 e. The van der Waals surface area contributed by atoms with E-state index in [-0.39, 0.29) is 29.9 Å². The van der Waals surface area contributed by atoms with Gasteiger partial charge in [0.2, 0.25) is 0 Å². The number of hydrogen-bond donors (Lipinski definition) is 2. The molecule has 0 aromatic heterocycles. The zero-order valence-corrected chi connectivity index (χ0v) is 17.2. The molecule has 1 aliphatic heterocycles. The van der Waals surface area contributed by atoms with Crippen LogP contribution in [0.1, 0.15) is 56.4 Å². The number of benzene rings is 1. The monoisotopic (exact) mass is 368 g/mol. The molecule has 0 amide bonds. The van der Waals surface area contributed by atoms with Crippen LogP contribution in [0.15, 0.2) is 12.1 Å². The van der Waals surface area contributed by atoms with Crippen molar-refractivity contribution in [1.82, 2.24) is 10.2 Å². The number of carboxylic acids is 1. The summed E-state index contributed by atoms with van der Waals surface area (Å²) in [5.74, 6) is -0.792. The van der Waals surface area contributed by atoms with E-state index in [2.05, 4.69) is 63.9 Å². The van der Waals surface area contributed by atoms with Crippen LogP contribution in [0.2, 0.25) is 0 Å². The van der Waals surface area contributed by atoms with E-state index in [0.29, 0.717) is 0 Å². The molecule has 4 nitrogen and oxygen atoms in total. The second-order valence-electron chi connectivity index (χ2n) is 8.61. The van der Waals surface area contributed by atoms with E-state index >= 15 is 0 Å². The normalized spacial score (nSPS) is 21.2. The first-order valence-corrected chi connectivity index (χ1v) is 8.80. The maximum absolute atomic E-state index is 10.8. The third kappa shape index (κ3) is 5.70. The van der Waals surface area contributed by atoms with Gasteiger partial charge in [-0.2, -0.15) is 0 Å². The summed E-state index contributed by atoms with van der Waals surface area (Å²) >= 11 is 0. The summed E-state index contributed by atoms with van der Waals surface area (Å²) in [4.78, 5) is 13.2. The SMILES string of the molecule is Cc1cc(C(C)(C)C)cc(C)c1CN1CCC(C)(NCC(=O)O)C1.Cl. The maximum Gasteiger partial charge on any atom is 0.317 e. The molecule has 2 N–H and O–H groups in total. The molecule has 1 aromatic rings. The van der Waals surface area contributed by atoms with Gasteiger partial charge in [-0.15, -0.1) is 12.4 Å². The van der Waals surface area contributed by atoms with Gasteiger partial charge in [0.25, 0.3) is 0 Å². The number of likely N-dealkylation sites (tertiary alicyclic amines) is 1. The molecular weight excluding hydrogens is 336 g/mol. The molecule has 0 saturated carbocycles. The fraction of sp³-hybridized carbons (Fsp3) is 0.650. The fourth-order valence-corrected chi connectivity index (χ4v) is 3.52. The van der Waals surface area contributed by atoms with Gasteiger partial charge in [-0.1, -0.05) is 32.9 Å². The minimum absolute atomic E-state index is 0. The fourth-order valence-electron chi connectivity index (χ4n) is 3.52. The van der Waals surface area contributed by atoms with Gasteiger partial charge < -0.3 is 10.4 Å². The van der Waals surface area contributed by atoms with Crippen molar-refractivity contribution in [2.24, 2.45) is 0 Å². The average molecular weight is 369 g/mol. The standard InChI is InChI=1S/C20H32N2O2.ClH/c1-14-9-16(19(3,4)5)10-15(2)17(14)12-22-8-7-20(6,13-22)21-11-18(23)24;/h9-10,21H,7-8,11-13H2,1-6H3,(H,23,24);1H. The third-order valence-electron chi connectivity index (χ3n) is 5.16. The first kappa shape index (κ1) is 21.9. The Morgan fingerprint density at radius 1 is 1.28 bits per heavy atom. The van der Waals surface area contributed by atoms with Crippen LogP contribution in [0.3, 0.4) is 0 Å². The number of hydrogen-bond acceptors (Lipinski definition) is 3. The van der Waals surface area contributed by atoms with E-state index in [9.17, 15) is 4.79 Å². The summed E-state index contributed by atoms with van der Waals surface area (Å²) in [7, 11) is 0. The Bertz CT molecular complexity index is 602. The molecule has 25 heavy (non-hydrogen) atoms. The quantitative estimate of drug-likeness (QED) is 0.832. The Labute approximate surface area is 158 Å². The van der Waals surface area contributed by atoms with Gasteiger partial charge in [-0.25, -0.2) is 0 Å².